The molecule has 0 atom stereocenters. The van der Waals surface area contributed by atoms with Gasteiger partial charge in [-0.2, -0.15) is 0 Å². The van der Waals surface area contributed by atoms with Crippen molar-refractivity contribution in [2.24, 2.45) is 0 Å². The molecule has 0 aliphatic carbocycles. The van der Waals surface area contributed by atoms with Gasteiger partial charge in [-0.3, -0.25) is 0 Å². The van der Waals surface area contributed by atoms with Crippen LogP contribution in [0.25, 0.3) is 0 Å². The van der Waals surface area contributed by atoms with Crippen LogP contribution in [-0.2, 0) is 9.47 Å². The zero-order valence-corrected chi connectivity index (χ0v) is 14.6. The summed E-state index contributed by atoms with van der Waals surface area (Å²) in [7, 11) is 3.25. The molecule has 0 spiro atoms. The van der Waals surface area contributed by atoms with Crippen molar-refractivity contribution in [1.29, 1.82) is 0 Å². The molecule has 1 radical (unpaired) electrons. The van der Waals surface area contributed by atoms with Crippen molar-refractivity contribution >= 4 is 19.6 Å². The lowest BCUT2D eigenvalue weighted by molar-refractivity contribution is 0.0591. The van der Waals surface area contributed by atoms with Crippen molar-refractivity contribution in [3.8, 4) is 5.75 Å². The van der Waals surface area contributed by atoms with Crippen LogP contribution in [0, 0.1) is 13.8 Å². The third-order valence-electron chi connectivity index (χ3n) is 3.10. The van der Waals surface area contributed by atoms with E-state index < -0.39 is 5.97 Å². The first-order chi connectivity index (χ1) is 11.9. The minimum Gasteiger partial charge on any atom is -0.537 e. The highest BCUT2D eigenvalue weighted by molar-refractivity contribution is 6.17. The minimum absolute atomic E-state index is 0.284. The molecule has 6 nitrogen and oxygen atoms in total. The second kappa shape index (κ2) is 10.1. The van der Waals surface area contributed by atoms with Crippen LogP contribution < -0.4 is 4.65 Å². The zero-order chi connectivity index (χ0) is 18.8. The molecule has 0 unspecified atom stereocenters. The maximum atomic E-state index is 11.2. The number of rotatable bonds is 4. The molecule has 0 bridgehead atoms. The maximum absolute atomic E-state index is 11.2. The third kappa shape index (κ3) is 6.68. The van der Waals surface area contributed by atoms with Crippen LogP contribution in [0.1, 0.15) is 31.8 Å². The first kappa shape index (κ1) is 20.2. The lowest BCUT2D eigenvalue weighted by atomic mass is 10.1. The highest BCUT2D eigenvalue weighted by atomic mass is 16.5. The predicted octanol–water partition coefficient (Wildman–Crippen LogP) is 2.47. The van der Waals surface area contributed by atoms with Crippen LogP contribution in [-0.4, -0.2) is 38.9 Å². The third-order valence-corrected chi connectivity index (χ3v) is 3.10. The summed E-state index contributed by atoms with van der Waals surface area (Å²) < 4.78 is 13.9. The van der Waals surface area contributed by atoms with Crippen LogP contribution in [0.5, 0.6) is 5.75 Å². The Kier molecular flexibility index (Phi) is 8.22. The Morgan fingerprint density at radius 3 is 2.04 bits per heavy atom. The van der Waals surface area contributed by atoms with E-state index in [0.29, 0.717) is 24.6 Å². The molecule has 7 heteroatoms. The summed E-state index contributed by atoms with van der Waals surface area (Å²) in [6.45, 7) is 3.75. The summed E-state index contributed by atoms with van der Waals surface area (Å²) in [6.07, 6.45) is 0. The molecule has 2 aromatic carbocycles. The standard InChI is InChI=1S/C9H10BO4.C9H10O2/c1-6-3-7(9(11)13-2)5-8(4-6)14-10-12;1-7-4-3-5-8(6-7)9(10)11-2/h3-5,12H,1-2H3;3-6H,1-2H3. The Hall–Kier alpha value is -2.80. The van der Waals surface area contributed by atoms with Crippen LogP contribution in [0.3, 0.4) is 0 Å². The van der Waals surface area contributed by atoms with Gasteiger partial charge in [0.25, 0.3) is 0 Å². The van der Waals surface area contributed by atoms with Crippen LogP contribution in [0.15, 0.2) is 42.5 Å². The lowest BCUT2D eigenvalue weighted by Crippen LogP contribution is -2.04. The molecule has 0 heterocycles. The Morgan fingerprint density at radius 1 is 0.880 bits per heavy atom. The maximum Gasteiger partial charge on any atom is 0.569 e. The van der Waals surface area contributed by atoms with Gasteiger partial charge in [0.1, 0.15) is 5.75 Å². The van der Waals surface area contributed by atoms with Gasteiger partial charge < -0.3 is 19.2 Å². The molecule has 0 saturated heterocycles. The smallest absolute Gasteiger partial charge is 0.537 e. The van der Waals surface area contributed by atoms with Crippen molar-refractivity contribution in [2.45, 2.75) is 13.8 Å². The van der Waals surface area contributed by atoms with E-state index >= 15 is 0 Å². The van der Waals surface area contributed by atoms with Gasteiger partial charge in [0.2, 0.25) is 0 Å². The Balaban J connectivity index is 0.000000257. The van der Waals surface area contributed by atoms with Gasteiger partial charge in [0, 0.05) is 0 Å². The quantitative estimate of drug-likeness (QED) is 0.678. The molecular weight excluding hydrogens is 323 g/mol. The fourth-order valence-corrected chi connectivity index (χ4v) is 2.00. The van der Waals surface area contributed by atoms with Crippen molar-refractivity contribution < 1.29 is 28.7 Å². The van der Waals surface area contributed by atoms with Crippen LogP contribution >= 0.6 is 0 Å². The average Bonchev–Trinajstić information content (AvgIpc) is 2.60. The number of hydrogen-bond acceptors (Lipinski definition) is 6. The summed E-state index contributed by atoms with van der Waals surface area (Å²) in [6, 6.07) is 12.2. The van der Waals surface area contributed by atoms with E-state index in [9.17, 15) is 9.59 Å². The monoisotopic (exact) mass is 343 g/mol. The normalized spacial score (nSPS) is 9.32. The van der Waals surface area contributed by atoms with E-state index in [2.05, 4.69) is 9.47 Å². The van der Waals surface area contributed by atoms with Crippen molar-refractivity contribution in [3.63, 3.8) is 0 Å². The molecule has 25 heavy (non-hydrogen) atoms. The minimum atomic E-state index is -0.434. The van der Waals surface area contributed by atoms with E-state index in [-0.39, 0.29) is 5.97 Å². The molecule has 0 aliphatic heterocycles. The van der Waals surface area contributed by atoms with Gasteiger partial charge in [-0.15, -0.1) is 0 Å². The molecule has 0 saturated carbocycles. The van der Waals surface area contributed by atoms with Crippen molar-refractivity contribution in [1.82, 2.24) is 0 Å². The van der Waals surface area contributed by atoms with Crippen LogP contribution in [0.2, 0.25) is 0 Å². The highest BCUT2D eigenvalue weighted by Crippen LogP contribution is 2.17. The fraction of sp³-hybridized carbons (Fsp3) is 0.222. The van der Waals surface area contributed by atoms with Gasteiger partial charge >= 0.3 is 19.6 Å². The van der Waals surface area contributed by atoms with Crippen LogP contribution in [0.4, 0.5) is 0 Å². The van der Waals surface area contributed by atoms with Gasteiger partial charge in [0.15, 0.2) is 0 Å². The molecule has 0 aromatic heterocycles. The summed E-state index contributed by atoms with van der Waals surface area (Å²) in [4.78, 5) is 22.1. The molecule has 0 aliphatic rings. The molecule has 2 rings (SSSR count). The molecule has 0 amide bonds. The van der Waals surface area contributed by atoms with Gasteiger partial charge in [-0.1, -0.05) is 17.7 Å². The largest absolute Gasteiger partial charge is 0.569 e. The number of carbonyl (C=O) groups excluding carboxylic acids is 2. The summed E-state index contributed by atoms with van der Waals surface area (Å²) in [5.41, 5.74) is 2.91. The molecule has 2 aromatic rings. The van der Waals surface area contributed by atoms with E-state index in [1.54, 1.807) is 24.3 Å². The number of benzene rings is 2. The number of esters is 2. The second-order valence-electron chi connectivity index (χ2n) is 5.11. The fourth-order valence-electron chi connectivity index (χ4n) is 2.00. The average molecular weight is 343 g/mol. The van der Waals surface area contributed by atoms with Gasteiger partial charge in [-0.05, 0) is 49.7 Å². The van der Waals surface area contributed by atoms with E-state index in [4.69, 9.17) is 9.68 Å². The van der Waals surface area contributed by atoms with E-state index in [0.717, 1.165) is 11.1 Å². The second-order valence-corrected chi connectivity index (χ2v) is 5.11. The SMILES string of the molecule is COC(=O)c1cc(C)cc(O[B]O)c1.COC(=O)c1cccc(C)c1. The Labute approximate surface area is 147 Å². The van der Waals surface area contributed by atoms with Gasteiger partial charge in [-0.25, -0.2) is 9.59 Å². The lowest BCUT2D eigenvalue weighted by Gasteiger charge is -2.05. The summed E-state index contributed by atoms with van der Waals surface area (Å²) in [5, 5.41) is 8.43. The Morgan fingerprint density at radius 2 is 1.48 bits per heavy atom. The molecule has 0 fully saturated rings. The first-order valence-corrected chi connectivity index (χ1v) is 7.38. The number of ether oxygens (including phenoxy) is 2. The van der Waals surface area contributed by atoms with Gasteiger partial charge in [0.05, 0.1) is 25.3 Å². The predicted molar refractivity (Wildman–Crippen MR) is 93.6 cm³/mol. The number of aryl methyl sites for hydroxylation is 2. The zero-order valence-electron chi connectivity index (χ0n) is 14.6. The molecular formula is C18H20BO6. The van der Waals surface area contributed by atoms with Crippen molar-refractivity contribution in [3.05, 3.63) is 64.7 Å². The summed E-state index contributed by atoms with van der Waals surface area (Å²) >= 11 is 0. The molecule has 1 N–H and O–H groups in total. The highest BCUT2D eigenvalue weighted by Gasteiger charge is 2.08. The first-order valence-electron chi connectivity index (χ1n) is 7.38. The summed E-state index contributed by atoms with van der Waals surface area (Å²) in [5.74, 6) is -0.321. The molecule has 131 valence electrons. The number of methoxy groups -OCH3 is 2. The van der Waals surface area contributed by atoms with E-state index in [1.165, 1.54) is 20.3 Å². The van der Waals surface area contributed by atoms with Crippen molar-refractivity contribution in [2.75, 3.05) is 14.2 Å². The topological polar surface area (TPSA) is 82.1 Å². The number of carbonyl (C=O) groups is 2. The number of hydrogen-bond donors (Lipinski definition) is 1. The Bertz CT molecular complexity index is 729. The van der Waals surface area contributed by atoms with E-state index in [1.807, 2.05) is 26.0 Å².